The van der Waals surface area contributed by atoms with E-state index in [2.05, 4.69) is 5.32 Å². The first-order valence-electron chi connectivity index (χ1n) is 7.27. The smallest absolute Gasteiger partial charge is 0.187 e. The average Bonchev–Trinajstić information content (AvgIpc) is 2.50. The molecule has 0 aromatic heterocycles. The molecule has 2 aromatic carbocycles. The number of hydrogen-bond donors (Lipinski definition) is 1. The number of rotatable bonds is 3. The summed E-state index contributed by atoms with van der Waals surface area (Å²) in [4.78, 5) is 12.8. The second-order valence-electron chi connectivity index (χ2n) is 5.61. The summed E-state index contributed by atoms with van der Waals surface area (Å²) in [7, 11) is 0. The van der Waals surface area contributed by atoms with Crippen molar-refractivity contribution >= 4 is 5.78 Å². The Labute approximate surface area is 124 Å². The molecule has 108 valence electrons. The third kappa shape index (κ3) is 2.69. The molecule has 0 spiro atoms. The minimum atomic E-state index is -0.359. The zero-order valence-electron chi connectivity index (χ0n) is 12.2. The van der Waals surface area contributed by atoms with Gasteiger partial charge in [-0.2, -0.15) is 0 Å². The molecule has 0 bridgehead atoms. The Balaban J connectivity index is 2.03. The second kappa shape index (κ2) is 5.70. The fourth-order valence-corrected chi connectivity index (χ4v) is 2.71. The van der Waals surface area contributed by atoms with Crippen molar-refractivity contribution in [3.05, 3.63) is 65.7 Å². The van der Waals surface area contributed by atoms with E-state index in [0.29, 0.717) is 11.3 Å². The number of hydrogen-bond acceptors (Lipinski definition) is 3. The van der Waals surface area contributed by atoms with Gasteiger partial charge in [-0.1, -0.05) is 56.3 Å². The fraction of sp³-hybridized carbons (Fsp3) is 0.278. The van der Waals surface area contributed by atoms with Crippen molar-refractivity contribution in [2.45, 2.75) is 32.0 Å². The van der Waals surface area contributed by atoms with Gasteiger partial charge in [0.05, 0.1) is 5.56 Å². The zero-order valence-corrected chi connectivity index (χ0v) is 12.2. The highest BCUT2D eigenvalue weighted by molar-refractivity contribution is 6.03. The molecule has 3 heteroatoms. The van der Waals surface area contributed by atoms with Crippen LogP contribution in [0.25, 0.3) is 0 Å². The molecule has 0 fully saturated rings. The van der Waals surface area contributed by atoms with Gasteiger partial charge in [0.2, 0.25) is 0 Å². The zero-order chi connectivity index (χ0) is 14.8. The summed E-state index contributed by atoms with van der Waals surface area (Å²) in [6.07, 6.45) is -0.295. The molecular weight excluding hydrogens is 262 g/mol. The summed E-state index contributed by atoms with van der Waals surface area (Å²) >= 11 is 0. The molecule has 1 aliphatic heterocycles. The maximum absolute atomic E-state index is 12.8. The number of ketones is 1. The van der Waals surface area contributed by atoms with Gasteiger partial charge in [-0.25, -0.2) is 0 Å². The minimum Gasteiger partial charge on any atom is -0.483 e. The molecule has 1 N–H and O–H groups in total. The Morgan fingerprint density at radius 2 is 1.67 bits per heavy atom. The fourth-order valence-electron chi connectivity index (χ4n) is 2.71. The quantitative estimate of drug-likeness (QED) is 0.937. The van der Waals surface area contributed by atoms with Gasteiger partial charge in [0.25, 0.3) is 0 Å². The van der Waals surface area contributed by atoms with Crippen molar-refractivity contribution in [2.75, 3.05) is 0 Å². The number of carbonyl (C=O) groups is 1. The molecule has 21 heavy (non-hydrogen) atoms. The van der Waals surface area contributed by atoms with Crippen molar-refractivity contribution in [1.29, 1.82) is 0 Å². The third-order valence-corrected chi connectivity index (χ3v) is 3.63. The predicted octanol–water partition coefficient (Wildman–Crippen LogP) is 3.37. The summed E-state index contributed by atoms with van der Waals surface area (Å²) in [5.74, 6) is 0.762. The third-order valence-electron chi connectivity index (χ3n) is 3.63. The number of carbonyl (C=O) groups excluding carboxylic acids is 1. The van der Waals surface area contributed by atoms with Crippen molar-refractivity contribution in [2.24, 2.45) is 0 Å². The molecule has 2 aromatic rings. The van der Waals surface area contributed by atoms with E-state index in [9.17, 15) is 4.79 Å². The van der Waals surface area contributed by atoms with E-state index in [1.807, 2.05) is 68.4 Å². The van der Waals surface area contributed by atoms with Crippen LogP contribution in [0.4, 0.5) is 0 Å². The van der Waals surface area contributed by atoms with Crippen LogP contribution in [0.1, 0.15) is 35.9 Å². The first-order valence-corrected chi connectivity index (χ1v) is 7.27. The average molecular weight is 281 g/mol. The van der Waals surface area contributed by atoms with Crippen LogP contribution in [0.5, 0.6) is 5.75 Å². The molecule has 1 aliphatic rings. The molecule has 3 nitrogen and oxygen atoms in total. The monoisotopic (exact) mass is 281 g/mol. The van der Waals surface area contributed by atoms with Gasteiger partial charge in [0, 0.05) is 6.04 Å². The number of benzene rings is 2. The van der Waals surface area contributed by atoms with E-state index >= 15 is 0 Å². The highest BCUT2D eigenvalue weighted by atomic mass is 16.5. The van der Waals surface area contributed by atoms with Gasteiger partial charge in [0.1, 0.15) is 17.9 Å². The van der Waals surface area contributed by atoms with Crippen molar-refractivity contribution in [1.82, 2.24) is 5.32 Å². The summed E-state index contributed by atoms with van der Waals surface area (Å²) in [6.45, 7) is 4.08. The highest BCUT2D eigenvalue weighted by Gasteiger charge is 2.38. The molecule has 3 rings (SSSR count). The number of ether oxygens (including phenoxy) is 1. The standard InChI is InChI=1S/C18H19NO2/c1-12(2)19-16-17(20)14-10-6-7-11-15(14)21-18(16)13-8-4-3-5-9-13/h3-12,16,18-19H,1-2H3. The Hall–Kier alpha value is -2.13. The number of nitrogens with one attached hydrogen (secondary N) is 1. The molecular formula is C18H19NO2. The van der Waals surface area contributed by atoms with Crippen LogP contribution < -0.4 is 10.1 Å². The van der Waals surface area contributed by atoms with Crippen molar-refractivity contribution < 1.29 is 9.53 Å². The van der Waals surface area contributed by atoms with Crippen LogP contribution >= 0.6 is 0 Å². The van der Waals surface area contributed by atoms with Crippen LogP contribution in [-0.4, -0.2) is 17.9 Å². The van der Waals surface area contributed by atoms with Gasteiger partial charge in [0.15, 0.2) is 5.78 Å². The molecule has 2 unspecified atom stereocenters. The van der Waals surface area contributed by atoms with Gasteiger partial charge >= 0.3 is 0 Å². The molecule has 0 aliphatic carbocycles. The van der Waals surface area contributed by atoms with E-state index in [1.54, 1.807) is 0 Å². The molecule has 0 amide bonds. The van der Waals surface area contributed by atoms with E-state index in [1.165, 1.54) is 0 Å². The predicted molar refractivity (Wildman–Crippen MR) is 82.6 cm³/mol. The van der Waals surface area contributed by atoms with Crippen LogP contribution in [0.3, 0.4) is 0 Å². The number of Topliss-reactive ketones (excluding diaryl/α,β-unsaturated/α-hetero) is 1. The lowest BCUT2D eigenvalue weighted by molar-refractivity contribution is 0.0721. The SMILES string of the molecule is CC(C)NC1C(=O)c2ccccc2OC1c1ccccc1. The molecule has 0 radical (unpaired) electrons. The maximum atomic E-state index is 12.8. The van der Waals surface area contributed by atoms with E-state index in [4.69, 9.17) is 4.74 Å². The van der Waals surface area contributed by atoms with E-state index in [-0.39, 0.29) is 24.0 Å². The van der Waals surface area contributed by atoms with Crippen LogP contribution in [0, 0.1) is 0 Å². The van der Waals surface area contributed by atoms with Crippen molar-refractivity contribution in [3.63, 3.8) is 0 Å². The van der Waals surface area contributed by atoms with Crippen LogP contribution in [0.2, 0.25) is 0 Å². The Morgan fingerprint density at radius 3 is 2.38 bits per heavy atom. The van der Waals surface area contributed by atoms with E-state index in [0.717, 1.165) is 5.56 Å². The number of para-hydroxylation sites is 1. The number of fused-ring (bicyclic) bond motifs is 1. The summed E-state index contributed by atoms with van der Waals surface area (Å²) in [5, 5.41) is 3.35. The highest BCUT2D eigenvalue weighted by Crippen LogP contribution is 2.35. The molecule has 1 heterocycles. The first-order chi connectivity index (χ1) is 10.2. The largest absolute Gasteiger partial charge is 0.483 e. The summed E-state index contributed by atoms with van der Waals surface area (Å²) < 4.78 is 6.12. The van der Waals surface area contributed by atoms with E-state index < -0.39 is 0 Å². The lowest BCUT2D eigenvalue weighted by atomic mass is 9.91. The molecule has 0 saturated carbocycles. The summed E-state index contributed by atoms with van der Waals surface area (Å²) in [5.41, 5.74) is 1.67. The Morgan fingerprint density at radius 1 is 1.00 bits per heavy atom. The first kappa shape index (κ1) is 13.8. The van der Waals surface area contributed by atoms with Gasteiger partial charge in [-0.3, -0.25) is 4.79 Å². The molecule has 2 atom stereocenters. The van der Waals surface area contributed by atoms with Gasteiger partial charge in [-0.15, -0.1) is 0 Å². The normalized spacial score (nSPS) is 21.0. The van der Waals surface area contributed by atoms with Gasteiger partial charge < -0.3 is 10.1 Å². The summed E-state index contributed by atoms with van der Waals surface area (Å²) in [6, 6.07) is 17.2. The topological polar surface area (TPSA) is 38.3 Å². The maximum Gasteiger partial charge on any atom is 0.187 e. The molecule has 0 saturated heterocycles. The van der Waals surface area contributed by atoms with Crippen molar-refractivity contribution in [3.8, 4) is 5.75 Å². The van der Waals surface area contributed by atoms with Crippen LogP contribution in [0.15, 0.2) is 54.6 Å². The Bertz CT molecular complexity index is 637. The van der Waals surface area contributed by atoms with Crippen LogP contribution in [-0.2, 0) is 0 Å². The lowest BCUT2D eigenvalue weighted by Gasteiger charge is -2.34. The van der Waals surface area contributed by atoms with Gasteiger partial charge in [-0.05, 0) is 17.7 Å². The lowest BCUT2D eigenvalue weighted by Crippen LogP contribution is -2.49. The Kier molecular flexibility index (Phi) is 3.76. The second-order valence-corrected chi connectivity index (χ2v) is 5.61. The minimum absolute atomic E-state index is 0.0967.